The molecular weight excluding hydrogens is 288 g/mol. The standard InChI is InChI=1S/C14H16N4O4/c1-10-3-5-17(16-10)6-4-14(19)15-11-7-12(18(20)21)9-13(8-11)22-2/h3,5,7-9H,4,6H2,1-2H3,(H,15,19). The quantitative estimate of drug-likeness (QED) is 0.651. The molecule has 0 aliphatic heterocycles. The van der Waals surface area contributed by atoms with E-state index in [0.717, 1.165) is 5.69 Å². The average Bonchev–Trinajstić information content (AvgIpc) is 2.90. The number of amides is 1. The van der Waals surface area contributed by atoms with Gasteiger partial charge in [0.05, 0.1) is 29.5 Å². The Labute approximate surface area is 126 Å². The fourth-order valence-electron chi connectivity index (χ4n) is 1.91. The number of rotatable bonds is 6. The molecule has 0 bridgehead atoms. The number of nitrogens with one attached hydrogen (secondary N) is 1. The van der Waals surface area contributed by atoms with Crippen molar-refractivity contribution in [1.29, 1.82) is 0 Å². The molecule has 0 fully saturated rings. The van der Waals surface area contributed by atoms with Gasteiger partial charge in [-0.3, -0.25) is 19.6 Å². The lowest BCUT2D eigenvalue weighted by Crippen LogP contribution is -2.15. The van der Waals surface area contributed by atoms with E-state index in [1.807, 2.05) is 13.0 Å². The van der Waals surface area contributed by atoms with Crippen LogP contribution < -0.4 is 10.1 Å². The zero-order valence-corrected chi connectivity index (χ0v) is 12.3. The third-order valence-corrected chi connectivity index (χ3v) is 2.96. The number of benzene rings is 1. The number of aryl methyl sites for hydroxylation is 2. The highest BCUT2D eigenvalue weighted by molar-refractivity contribution is 5.91. The van der Waals surface area contributed by atoms with Crippen LogP contribution in [-0.4, -0.2) is 27.7 Å². The number of nitro benzene ring substituents is 1. The summed E-state index contributed by atoms with van der Waals surface area (Å²) in [6.07, 6.45) is 2.01. The van der Waals surface area contributed by atoms with Crippen LogP contribution in [0.15, 0.2) is 30.5 Å². The van der Waals surface area contributed by atoms with E-state index in [4.69, 9.17) is 4.74 Å². The van der Waals surface area contributed by atoms with Crippen LogP contribution in [0.25, 0.3) is 0 Å². The number of aromatic nitrogens is 2. The SMILES string of the molecule is COc1cc(NC(=O)CCn2ccc(C)n2)cc([N+](=O)[O-])c1. The minimum atomic E-state index is -0.537. The summed E-state index contributed by atoms with van der Waals surface area (Å²) in [5.74, 6) is 0.0582. The Morgan fingerprint density at radius 1 is 1.45 bits per heavy atom. The van der Waals surface area contributed by atoms with Gasteiger partial charge in [-0.05, 0) is 13.0 Å². The number of non-ortho nitro benzene ring substituents is 1. The van der Waals surface area contributed by atoms with Gasteiger partial charge in [-0.25, -0.2) is 0 Å². The Bertz CT molecular complexity index is 696. The predicted molar refractivity (Wildman–Crippen MR) is 79.9 cm³/mol. The van der Waals surface area contributed by atoms with Crippen molar-refractivity contribution >= 4 is 17.3 Å². The molecule has 0 saturated heterocycles. The van der Waals surface area contributed by atoms with Crippen LogP contribution in [0.2, 0.25) is 0 Å². The number of hydrogen-bond donors (Lipinski definition) is 1. The number of hydrogen-bond acceptors (Lipinski definition) is 5. The van der Waals surface area contributed by atoms with Gasteiger partial charge in [0.25, 0.3) is 5.69 Å². The highest BCUT2D eigenvalue weighted by Crippen LogP contribution is 2.25. The van der Waals surface area contributed by atoms with Gasteiger partial charge in [-0.15, -0.1) is 0 Å². The molecule has 1 N–H and O–H groups in total. The van der Waals surface area contributed by atoms with Crippen molar-refractivity contribution in [2.75, 3.05) is 12.4 Å². The van der Waals surface area contributed by atoms with Crippen LogP contribution in [0.1, 0.15) is 12.1 Å². The Balaban J connectivity index is 2.01. The molecule has 8 heteroatoms. The number of ether oxygens (including phenoxy) is 1. The van der Waals surface area contributed by atoms with Crippen LogP contribution in [0, 0.1) is 17.0 Å². The van der Waals surface area contributed by atoms with Crippen LogP contribution >= 0.6 is 0 Å². The summed E-state index contributed by atoms with van der Waals surface area (Å²) >= 11 is 0. The number of anilines is 1. The fraction of sp³-hybridized carbons (Fsp3) is 0.286. The van der Waals surface area contributed by atoms with Crippen LogP contribution in [0.4, 0.5) is 11.4 Å². The molecule has 0 radical (unpaired) electrons. The minimum Gasteiger partial charge on any atom is -0.496 e. The highest BCUT2D eigenvalue weighted by atomic mass is 16.6. The van der Waals surface area contributed by atoms with E-state index in [1.54, 1.807) is 10.9 Å². The van der Waals surface area contributed by atoms with E-state index in [2.05, 4.69) is 10.4 Å². The van der Waals surface area contributed by atoms with Crippen molar-refractivity contribution in [2.24, 2.45) is 0 Å². The first-order chi connectivity index (χ1) is 10.5. The average molecular weight is 304 g/mol. The summed E-state index contributed by atoms with van der Waals surface area (Å²) in [6, 6.07) is 5.97. The Hall–Kier alpha value is -2.90. The van der Waals surface area contributed by atoms with Crippen molar-refractivity contribution in [2.45, 2.75) is 19.9 Å². The second kappa shape index (κ2) is 6.70. The van der Waals surface area contributed by atoms with Gasteiger partial charge in [0.2, 0.25) is 5.91 Å². The molecule has 1 amide bonds. The summed E-state index contributed by atoms with van der Waals surface area (Å²) in [7, 11) is 1.41. The summed E-state index contributed by atoms with van der Waals surface area (Å²) in [6.45, 7) is 2.30. The lowest BCUT2D eigenvalue weighted by molar-refractivity contribution is -0.384. The van der Waals surface area contributed by atoms with Crippen molar-refractivity contribution in [1.82, 2.24) is 9.78 Å². The van der Waals surface area contributed by atoms with Crippen LogP contribution in [0.5, 0.6) is 5.75 Å². The molecular formula is C14H16N4O4. The van der Waals surface area contributed by atoms with Gasteiger partial charge in [-0.1, -0.05) is 0 Å². The predicted octanol–water partition coefficient (Wildman–Crippen LogP) is 2.14. The highest BCUT2D eigenvalue weighted by Gasteiger charge is 2.12. The first kappa shape index (κ1) is 15.5. The maximum atomic E-state index is 11.9. The molecule has 8 nitrogen and oxygen atoms in total. The molecule has 2 rings (SSSR count). The number of methoxy groups -OCH3 is 1. The van der Waals surface area contributed by atoms with Crippen LogP contribution in [0.3, 0.4) is 0 Å². The van der Waals surface area contributed by atoms with E-state index in [9.17, 15) is 14.9 Å². The molecule has 22 heavy (non-hydrogen) atoms. The summed E-state index contributed by atoms with van der Waals surface area (Å²) in [5, 5.41) is 17.7. The molecule has 116 valence electrons. The zero-order chi connectivity index (χ0) is 16.1. The molecule has 0 aliphatic carbocycles. The van der Waals surface area contributed by atoms with Crippen molar-refractivity contribution in [3.63, 3.8) is 0 Å². The Kier molecular flexibility index (Phi) is 4.72. The molecule has 1 aromatic carbocycles. The maximum Gasteiger partial charge on any atom is 0.275 e. The molecule has 0 saturated carbocycles. The molecule has 0 aliphatic rings. The lowest BCUT2D eigenvalue weighted by atomic mass is 10.2. The van der Waals surface area contributed by atoms with Gasteiger partial charge < -0.3 is 10.1 Å². The second-order valence-electron chi connectivity index (χ2n) is 4.70. The van der Waals surface area contributed by atoms with E-state index in [-0.39, 0.29) is 18.0 Å². The lowest BCUT2D eigenvalue weighted by Gasteiger charge is -2.07. The van der Waals surface area contributed by atoms with Gasteiger partial charge in [0, 0.05) is 31.3 Å². The van der Waals surface area contributed by atoms with Gasteiger partial charge in [0.15, 0.2) is 0 Å². The third kappa shape index (κ3) is 4.05. The summed E-state index contributed by atoms with van der Waals surface area (Å²) in [4.78, 5) is 22.2. The maximum absolute atomic E-state index is 11.9. The monoisotopic (exact) mass is 304 g/mol. The summed E-state index contributed by atoms with van der Waals surface area (Å²) in [5.41, 5.74) is 1.06. The number of carbonyl (C=O) groups excluding carboxylic acids is 1. The largest absolute Gasteiger partial charge is 0.496 e. The fourth-order valence-corrected chi connectivity index (χ4v) is 1.91. The first-order valence-electron chi connectivity index (χ1n) is 6.61. The molecule has 0 spiro atoms. The molecule has 2 aromatic rings. The van der Waals surface area contributed by atoms with Gasteiger partial charge >= 0.3 is 0 Å². The van der Waals surface area contributed by atoms with Gasteiger partial charge in [0.1, 0.15) is 5.75 Å². The van der Waals surface area contributed by atoms with Crippen molar-refractivity contribution < 1.29 is 14.5 Å². The molecule has 1 heterocycles. The Morgan fingerprint density at radius 2 is 2.23 bits per heavy atom. The number of nitrogens with zero attached hydrogens (tertiary/aromatic N) is 3. The summed E-state index contributed by atoms with van der Waals surface area (Å²) < 4.78 is 6.66. The smallest absolute Gasteiger partial charge is 0.275 e. The molecule has 1 aromatic heterocycles. The van der Waals surface area contributed by atoms with Gasteiger partial charge in [-0.2, -0.15) is 5.10 Å². The van der Waals surface area contributed by atoms with E-state index in [0.29, 0.717) is 18.0 Å². The van der Waals surface area contributed by atoms with E-state index >= 15 is 0 Å². The molecule has 0 unspecified atom stereocenters. The first-order valence-corrected chi connectivity index (χ1v) is 6.61. The van der Waals surface area contributed by atoms with E-state index < -0.39 is 4.92 Å². The van der Waals surface area contributed by atoms with Crippen LogP contribution in [-0.2, 0) is 11.3 Å². The Morgan fingerprint density at radius 3 is 2.82 bits per heavy atom. The topological polar surface area (TPSA) is 99.3 Å². The number of nitro groups is 1. The van der Waals surface area contributed by atoms with Crippen molar-refractivity contribution in [3.05, 3.63) is 46.3 Å². The normalized spacial score (nSPS) is 10.3. The number of carbonyl (C=O) groups is 1. The third-order valence-electron chi connectivity index (χ3n) is 2.96. The second-order valence-corrected chi connectivity index (χ2v) is 4.70. The minimum absolute atomic E-state index is 0.141. The molecule has 0 atom stereocenters. The zero-order valence-electron chi connectivity index (χ0n) is 12.3. The van der Waals surface area contributed by atoms with Crippen molar-refractivity contribution in [3.8, 4) is 5.75 Å². The van der Waals surface area contributed by atoms with E-state index in [1.165, 1.54) is 25.3 Å².